The number of aliphatic hydroxyl groups is 1. The number of nitrogens with one attached hydrogen (secondary N) is 1. The van der Waals surface area contributed by atoms with Crippen molar-refractivity contribution in [1.29, 1.82) is 0 Å². The number of anilines is 1. The van der Waals surface area contributed by atoms with E-state index in [1.54, 1.807) is 12.1 Å². The van der Waals surface area contributed by atoms with Gasteiger partial charge in [0.15, 0.2) is 0 Å². The van der Waals surface area contributed by atoms with Gasteiger partial charge < -0.3 is 25.6 Å². The molecule has 0 bridgehead atoms. The highest BCUT2D eigenvalue weighted by Crippen LogP contribution is 2.32. The third-order valence-electron chi connectivity index (χ3n) is 3.93. The SMILES string of the molecule is COc1cc(OC)c(N)c(C(=O)NCC2(O)CCCC2)c1. The predicted molar refractivity (Wildman–Crippen MR) is 79.7 cm³/mol. The fourth-order valence-electron chi connectivity index (χ4n) is 2.63. The summed E-state index contributed by atoms with van der Waals surface area (Å²) in [6.45, 7) is 0.227. The Balaban J connectivity index is 2.14. The predicted octanol–water partition coefficient (Wildman–Crippen LogP) is 1.32. The fraction of sp³-hybridized carbons (Fsp3) is 0.533. The number of carbonyl (C=O) groups is 1. The highest BCUT2D eigenvalue weighted by molar-refractivity contribution is 6.01. The molecule has 6 nitrogen and oxygen atoms in total. The van der Waals surface area contributed by atoms with Crippen LogP contribution in [0.25, 0.3) is 0 Å². The molecule has 1 aromatic rings. The minimum atomic E-state index is -0.798. The molecular weight excluding hydrogens is 272 g/mol. The summed E-state index contributed by atoms with van der Waals surface area (Å²) in [6.07, 6.45) is 3.40. The standard InChI is InChI=1S/C15H22N2O4/c1-20-10-7-11(13(16)12(8-10)21-2)14(18)17-9-15(19)5-3-4-6-15/h7-8,19H,3-6,9,16H2,1-2H3,(H,17,18). The van der Waals surface area contributed by atoms with Gasteiger partial charge in [0.2, 0.25) is 0 Å². The van der Waals surface area contributed by atoms with E-state index in [-0.39, 0.29) is 23.7 Å². The first-order chi connectivity index (χ1) is 9.99. The number of nitrogens with two attached hydrogens (primary N) is 1. The van der Waals surface area contributed by atoms with Crippen LogP contribution < -0.4 is 20.5 Å². The lowest BCUT2D eigenvalue weighted by molar-refractivity contribution is 0.0450. The van der Waals surface area contributed by atoms with Crippen molar-refractivity contribution in [3.63, 3.8) is 0 Å². The van der Waals surface area contributed by atoms with Crippen LogP contribution in [0.2, 0.25) is 0 Å². The molecule has 0 unspecified atom stereocenters. The number of benzene rings is 1. The van der Waals surface area contributed by atoms with Crippen LogP contribution >= 0.6 is 0 Å². The second-order valence-corrected chi connectivity index (χ2v) is 5.41. The first-order valence-corrected chi connectivity index (χ1v) is 7.01. The van der Waals surface area contributed by atoms with Crippen molar-refractivity contribution in [2.75, 3.05) is 26.5 Å². The Morgan fingerprint density at radius 1 is 1.33 bits per heavy atom. The lowest BCUT2D eigenvalue weighted by Crippen LogP contribution is -2.41. The molecule has 6 heteroatoms. The van der Waals surface area contributed by atoms with Crippen LogP contribution in [0.3, 0.4) is 0 Å². The summed E-state index contributed by atoms with van der Waals surface area (Å²) < 4.78 is 10.3. The van der Waals surface area contributed by atoms with E-state index in [0.717, 1.165) is 12.8 Å². The summed E-state index contributed by atoms with van der Waals surface area (Å²) in [7, 11) is 2.99. The second kappa shape index (κ2) is 6.22. The van der Waals surface area contributed by atoms with Gasteiger partial charge in [-0.2, -0.15) is 0 Å². The lowest BCUT2D eigenvalue weighted by Gasteiger charge is -2.22. The van der Waals surface area contributed by atoms with Crippen molar-refractivity contribution < 1.29 is 19.4 Å². The molecule has 1 saturated carbocycles. The van der Waals surface area contributed by atoms with Gasteiger partial charge in [0.05, 0.1) is 31.1 Å². The molecule has 0 spiro atoms. The van der Waals surface area contributed by atoms with E-state index in [0.29, 0.717) is 24.3 Å². The van der Waals surface area contributed by atoms with Crippen molar-refractivity contribution in [2.45, 2.75) is 31.3 Å². The normalized spacial score (nSPS) is 16.5. The van der Waals surface area contributed by atoms with Gasteiger partial charge in [0, 0.05) is 12.6 Å². The number of amides is 1. The summed E-state index contributed by atoms with van der Waals surface area (Å²) in [5.41, 5.74) is 5.68. The molecule has 1 aromatic carbocycles. The summed E-state index contributed by atoms with van der Waals surface area (Å²) in [5, 5.41) is 13.0. The fourth-order valence-corrected chi connectivity index (χ4v) is 2.63. The topological polar surface area (TPSA) is 93.8 Å². The van der Waals surface area contributed by atoms with E-state index in [1.807, 2.05) is 0 Å². The van der Waals surface area contributed by atoms with Crippen LogP contribution in [0.1, 0.15) is 36.0 Å². The Hall–Kier alpha value is -1.95. The van der Waals surface area contributed by atoms with Crippen LogP contribution in [-0.4, -0.2) is 37.4 Å². The third-order valence-corrected chi connectivity index (χ3v) is 3.93. The molecule has 2 rings (SSSR count). The first-order valence-electron chi connectivity index (χ1n) is 7.01. The number of hydrogen-bond acceptors (Lipinski definition) is 5. The van der Waals surface area contributed by atoms with Crippen molar-refractivity contribution in [2.24, 2.45) is 0 Å². The largest absolute Gasteiger partial charge is 0.497 e. The lowest BCUT2D eigenvalue weighted by atomic mass is 10.0. The van der Waals surface area contributed by atoms with Crippen molar-refractivity contribution >= 4 is 11.6 Å². The Morgan fingerprint density at radius 3 is 2.57 bits per heavy atom. The number of ether oxygens (including phenoxy) is 2. The second-order valence-electron chi connectivity index (χ2n) is 5.41. The molecule has 1 aliphatic rings. The summed E-state index contributed by atoms with van der Waals surface area (Å²) in [4.78, 5) is 12.3. The zero-order chi connectivity index (χ0) is 15.5. The molecule has 0 aromatic heterocycles. The Bertz CT molecular complexity index is 525. The van der Waals surface area contributed by atoms with Gasteiger partial charge in [-0.05, 0) is 18.9 Å². The van der Waals surface area contributed by atoms with Gasteiger partial charge in [-0.1, -0.05) is 12.8 Å². The average molecular weight is 294 g/mol. The smallest absolute Gasteiger partial charge is 0.253 e. The molecule has 4 N–H and O–H groups in total. The number of methoxy groups -OCH3 is 2. The van der Waals surface area contributed by atoms with Crippen molar-refractivity contribution in [3.05, 3.63) is 17.7 Å². The van der Waals surface area contributed by atoms with Crippen LogP contribution in [-0.2, 0) is 0 Å². The molecule has 0 saturated heterocycles. The molecule has 1 fully saturated rings. The average Bonchev–Trinajstić information content (AvgIpc) is 2.92. The summed E-state index contributed by atoms with van der Waals surface area (Å²) >= 11 is 0. The minimum Gasteiger partial charge on any atom is -0.497 e. The quantitative estimate of drug-likeness (QED) is 0.712. The third kappa shape index (κ3) is 3.39. The van der Waals surface area contributed by atoms with Crippen molar-refractivity contribution in [3.8, 4) is 11.5 Å². The first kappa shape index (κ1) is 15.4. The summed E-state index contributed by atoms with van der Waals surface area (Å²) in [5.74, 6) is 0.537. The molecule has 116 valence electrons. The van der Waals surface area contributed by atoms with Crippen LogP contribution in [0.4, 0.5) is 5.69 Å². The van der Waals surface area contributed by atoms with Crippen LogP contribution in [0, 0.1) is 0 Å². The summed E-state index contributed by atoms with van der Waals surface area (Å²) in [6, 6.07) is 3.18. The number of hydrogen-bond donors (Lipinski definition) is 3. The Kier molecular flexibility index (Phi) is 4.57. The number of carbonyl (C=O) groups excluding carboxylic acids is 1. The van der Waals surface area contributed by atoms with Gasteiger partial charge in [0.1, 0.15) is 11.5 Å². The molecule has 21 heavy (non-hydrogen) atoms. The van der Waals surface area contributed by atoms with Gasteiger partial charge in [-0.25, -0.2) is 0 Å². The highest BCUT2D eigenvalue weighted by Gasteiger charge is 2.31. The van der Waals surface area contributed by atoms with Crippen LogP contribution in [0.15, 0.2) is 12.1 Å². The van der Waals surface area contributed by atoms with E-state index in [4.69, 9.17) is 15.2 Å². The zero-order valence-electron chi connectivity index (χ0n) is 12.4. The van der Waals surface area contributed by atoms with Gasteiger partial charge in [0.25, 0.3) is 5.91 Å². The molecule has 1 amide bonds. The molecule has 1 aliphatic carbocycles. The molecular formula is C15H22N2O4. The van der Waals surface area contributed by atoms with Gasteiger partial charge in [-0.3, -0.25) is 4.79 Å². The monoisotopic (exact) mass is 294 g/mol. The van der Waals surface area contributed by atoms with Gasteiger partial charge in [-0.15, -0.1) is 0 Å². The maximum absolute atomic E-state index is 12.3. The number of nitrogen functional groups attached to an aromatic ring is 1. The molecule has 0 aliphatic heterocycles. The van der Waals surface area contributed by atoms with Gasteiger partial charge >= 0.3 is 0 Å². The molecule has 0 heterocycles. The maximum Gasteiger partial charge on any atom is 0.253 e. The van der Waals surface area contributed by atoms with E-state index in [1.165, 1.54) is 14.2 Å². The maximum atomic E-state index is 12.3. The highest BCUT2D eigenvalue weighted by atomic mass is 16.5. The molecule has 0 atom stereocenters. The number of rotatable bonds is 5. The van der Waals surface area contributed by atoms with E-state index < -0.39 is 5.60 Å². The van der Waals surface area contributed by atoms with E-state index in [9.17, 15) is 9.90 Å². The zero-order valence-corrected chi connectivity index (χ0v) is 12.4. The van der Waals surface area contributed by atoms with Crippen molar-refractivity contribution in [1.82, 2.24) is 5.32 Å². The minimum absolute atomic E-state index is 0.227. The molecule has 0 radical (unpaired) electrons. The Labute approximate surface area is 124 Å². The van der Waals surface area contributed by atoms with E-state index in [2.05, 4.69) is 5.32 Å². The van der Waals surface area contributed by atoms with Crippen LogP contribution in [0.5, 0.6) is 11.5 Å². The Morgan fingerprint density at radius 2 is 2.00 bits per heavy atom. The van der Waals surface area contributed by atoms with E-state index >= 15 is 0 Å².